The van der Waals surface area contributed by atoms with E-state index in [0.717, 1.165) is 17.0 Å². The van der Waals surface area contributed by atoms with Gasteiger partial charge in [-0.3, -0.25) is 0 Å². The first-order valence-corrected chi connectivity index (χ1v) is 7.43. The smallest absolute Gasteiger partial charge is 0.406 e. The molecule has 1 heterocycles. The van der Waals surface area contributed by atoms with Gasteiger partial charge in [-0.25, -0.2) is 0 Å². The van der Waals surface area contributed by atoms with E-state index in [9.17, 15) is 13.2 Å². The average Bonchev–Trinajstić information content (AvgIpc) is 2.82. The molecule has 1 N–H and O–H groups in total. The molecule has 0 aliphatic carbocycles. The minimum absolute atomic E-state index is 0.104. The molecule has 114 valence electrons. The van der Waals surface area contributed by atoms with Gasteiger partial charge >= 0.3 is 6.36 Å². The van der Waals surface area contributed by atoms with Crippen LogP contribution in [0.1, 0.15) is 23.4 Å². The number of alkyl halides is 3. The fourth-order valence-corrected chi connectivity index (χ4v) is 3.10. The van der Waals surface area contributed by atoms with Gasteiger partial charge in [-0.15, -0.1) is 24.5 Å². The molecule has 0 fully saturated rings. The Labute approximate surface area is 129 Å². The first-order valence-electron chi connectivity index (χ1n) is 6.23. The fraction of sp³-hybridized carbons (Fsp3) is 0.286. The largest absolute Gasteiger partial charge is 0.573 e. The lowest BCUT2D eigenvalue weighted by molar-refractivity contribution is -0.274. The molecule has 0 saturated carbocycles. The van der Waals surface area contributed by atoms with E-state index in [1.54, 1.807) is 18.2 Å². The van der Waals surface area contributed by atoms with Crippen molar-refractivity contribution in [3.63, 3.8) is 0 Å². The molecule has 1 aromatic heterocycles. The van der Waals surface area contributed by atoms with Gasteiger partial charge in [0.15, 0.2) is 0 Å². The molecule has 21 heavy (non-hydrogen) atoms. The van der Waals surface area contributed by atoms with Crippen LogP contribution >= 0.6 is 22.9 Å². The minimum Gasteiger partial charge on any atom is -0.406 e. The van der Waals surface area contributed by atoms with Gasteiger partial charge in [0, 0.05) is 4.88 Å². The average molecular weight is 336 g/mol. The van der Waals surface area contributed by atoms with Gasteiger partial charge in [0.05, 0.1) is 10.4 Å². The SMILES string of the molecule is CCNC(c1ccc(OC(F)(F)F)cc1)c1ccc(Cl)s1. The number of benzene rings is 1. The second-order valence-corrected chi connectivity index (χ2v) is 6.00. The number of rotatable bonds is 5. The highest BCUT2D eigenvalue weighted by Gasteiger charge is 2.31. The Hall–Kier alpha value is -1.24. The highest BCUT2D eigenvalue weighted by atomic mass is 35.5. The number of thiophene rings is 1. The molecule has 0 amide bonds. The van der Waals surface area contributed by atoms with Crippen LogP contribution in [0.3, 0.4) is 0 Å². The Kier molecular flexibility index (Phi) is 5.13. The molecule has 2 aromatic rings. The Morgan fingerprint density at radius 2 is 1.86 bits per heavy atom. The fourth-order valence-electron chi connectivity index (χ4n) is 1.93. The molecule has 0 saturated heterocycles. The van der Waals surface area contributed by atoms with Gasteiger partial charge in [0.2, 0.25) is 0 Å². The molecular formula is C14H13ClF3NOS. The lowest BCUT2D eigenvalue weighted by atomic mass is 10.1. The van der Waals surface area contributed by atoms with Crippen LogP contribution in [0, 0.1) is 0 Å². The lowest BCUT2D eigenvalue weighted by Gasteiger charge is -2.17. The summed E-state index contributed by atoms with van der Waals surface area (Å²) in [4.78, 5) is 1.01. The number of hydrogen-bond acceptors (Lipinski definition) is 3. The molecular weight excluding hydrogens is 323 g/mol. The van der Waals surface area contributed by atoms with Crippen molar-refractivity contribution in [2.45, 2.75) is 19.3 Å². The molecule has 1 unspecified atom stereocenters. The standard InChI is InChI=1S/C14H13ClF3NOS/c1-2-19-13(11-7-8-12(15)21-11)9-3-5-10(6-4-9)20-14(16,17)18/h3-8,13,19H,2H2,1H3. The third-order valence-electron chi connectivity index (χ3n) is 2.73. The summed E-state index contributed by atoms with van der Waals surface area (Å²) in [5, 5.41) is 3.28. The van der Waals surface area contributed by atoms with Crippen molar-refractivity contribution in [1.82, 2.24) is 5.32 Å². The third kappa shape index (κ3) is 4.62. The van der Waals surface area contributed by atoms with Crippen molar-refractivity contribution in [2.24, 2.45) is 0 Å². The first-order chi connectivity index (χ1) is 9.89. The van der Waals surface area contributed by atoms with Gasteiger partial charge in [0.1, 0.15) is 5.75 Å². The van der Waals surface area contributed by atoms with Crippen molar-refractivity contribution >= 4 is 22.9 Å². The Balaban J connectivity index is 2.21. The van der Waals surface area contributed by atoms with E-state index in [2.05, 4.69) is 10.1 Å². The Morgan fingerprint density at radius 1 is 1.19 bits per heavy atom. The highest BCUT2D eigenvalue weighted by molar-refractivity contribution is 7.16. The van der Waals surface area contributed by atoms with Crippen LogP contribution < -0.4 is 10.1 Å². The van der Waals surface area contributed by atoms with Crippen molar-refractivity contribution in [1.29, 1.82) is 0 Å². The number of ether oxygens (including phenoxy) is 1. The minimum atomic E-state index is -4.68. The van der Waals surface area contributed by atoms with Gasteiger partial charge < -0.3 is 10.1 Å². The van der Waals surface area contributed by atoms with Crippen molar-refractivity contribution in [3.8, 4) is 5.75 Å². The Morgan fingerprint density at radius 3 is 2.33 bits per heavy atom. The summed E-state index contributed by atoms with van der Waals surface area (Å²) < 4.78 is 41.0. The summed E-state index contributed by atoms with van der Waals surface area (Å²) in [6.45, 7) is 2.68. The van der Waals surface area contributed by atoms with Crippen LogP contribution in [0.15, 0.2) is 36.4 Å². The van der Waals surface area contributed by atoms with E-state index in [-0.39, 0.29) is 11.8 Å². The summed E-state index contributed by atoms with van der Waals surface area (Å²) in [6, 6.07) is 9.44. The number of halogens is 4. The van der Waals surface area contributed by atoms with Crippen LogP contribution in [0.25, 0.3) is 0 Å². The van der Waals surface area contributed by atoms with Gasteiger partial charge in [-0.1, -0.05) is 30.7 Å². The quantitative estimate of drug-likeness (QED) is 0.830. The molecule has 0 radical (unpaired) electrons. The number of hydrogen-bond donors (Lipinski definition) is 1. The second kappa shape index (κ2) is 6.68. The summed E-state index contributed by atoms with van der Waals surface area (Å²) in [5.41, 5.74) is 0.852. The molecule has 0 aliphatic rings. The topological polar surface area (TPSA) is 21.3 Å². The van der Waals surface area contributed by atoms with Crippen LogP contribution in [0.4, 0.5) is 13.2 Å². The normalized spacial score (nSPS) is 13.2. The van der Waals surface area contributed by atoms with Crippen LogP contribution in [0.2, 0.25) is 4.34 Å². The molecule has 1 atom stereocenters. The van der Waals surface area contributed by atoms with Crippen molar-refractivity contribution in [2.75, 3.05) is 6.54 Å². The van der Waals surface area contributed by atoms with E-state index in [1.165, 1.54) is 23.5 Å². The second-order valence-electron chi connectivity index (χ2n) is 4.25. The van der Waals surface area contributed by atoms with Gasteiger partial charge in [-0.05, 0) is 36.4 Å². The first kappa shape index (κ1) is 16.1. The predicted octanol–water partition coefficient (Wildman–Crippen LogP) is 5.00. The van der Waals surface area contributed by atoms with Crippen LogP contribution in [-0.4, -0.2) is 12.9 Å². The molecule has 0 spiro atoms. The third-order valence-corrected chi connectivity index (χ3v) is 4.03. The zero-order chi connectivity index (χ0) is 15.5. The molecule has 2 rings (SSSR count). The number of nitrogens with one attached hydrogen (secondary N) is 1. The monoisotopic (exact) mass is 335 g/mol. The molecule has 2 nitrogen and oxygen atoms in total. The maximum absolute atomic E-state index is 12.1. The summed E-state index contributed by atoms with van der Waals surface area (Å²) in [6.07, 6.45) is -4.68. The van der Waals surface area contributed by atoms with Crippen molar-refractivity contribution in [3.05, 3.63) is 51.2 Å². The van der Waals surface area contributed by atoms with Crippen molar-refractivity contribution < 1.29 is 17.9 Å². The molecule has 1 aromatic carbocycles. The van der Waals surface area contributed by atoms with Crippen LogP contribution in [-0.2, 0) is 0 Å². The van der Waals surface area contributed by atoms with E-state index in [1.807, 2.05) is 13.0 Å². The van der Waals surface area contributed by atoms with E-state index in [4.69, 9.17) is 11.6 Å². The maximum atomic E-state index is 12.1. The predicted molar refractivity (Wildman–Crippen MR) is 78.0 cm³/mol. The highest BCUT2D eigenvalue weighted by Crippen LogP contribution is 2.32. The summed E-state index contributed by atoms with van der Waals surface area (Å²) in [5.74, 6) is -0.231. The molecule has 0 aliphatic heterocycles. The maximum Gasteiger partial charge on any atom is 0.573 e. The van der Waals surface area contributed by atoms with Gasteiger partial charge in [-0.2, -0.15) is 0 Å². The van der Waals surface area contributed by atoms with E-state index < -0.39 is 6.36 Å². The van der Waals surface area contributed by atoms with Gasteiger partial charge in [0.25, 0.3) is 0 Å². The summed E-state index contributed by atoms with van der Waals surface area (Å²) in [7, 11) is 0. The molecule has 7 heteroatoms. The van der Waals surface area contributed by atoms with E-state index >= 15 is 0 Å². The Bertz CT molecular complexity index is 583. The zero-order valence-electron chi connectivity index (χ0n) is 11.1. The lowest BCUT2D eigenvalue weighted by Crippen LogP contribution is -2.21. The van der Waals surface area contributed by atoms with Crippen LogP contribution in [0.5, 0.6) is 5.75 Å². The van der Waals surface area contributed by atoms with E-state index in [0.29, 0.717) is 4.34 Å². The summed E-state index contributed by atoms with van der Waals surface area (Å²) >= 11 is 7.37. The zero-order valence-corrected chi connectivity index (χ0v) is 12.6. The molecule has 0 bridgehead atoms.